The molecule has 1 N–H and O–H groups in total. The molecule has 2 rings (SSSR count). The maximum atomic E-state index is 11.7. The molecule has 0 bridgehead atoms. The maximum absolute atomic E-state index is 11.7. The zero-order chi connectivity index (χ0) is 26.6. The number of hydrogen-bond donors (Lipinski definition) is 1. The summed E-state index contributed by atoms with van der Waals surface area (Å²) >= 11 is 0. The lowest BCUT2D eigenvalue weighted by Crippen LogP contribution is -2.33. The van der Waals surface area contributed by atoms with Crippen LogP contribution in [-0.4, -0.2) is 70.6 Å². The van der Waals surface area contributed by atoms with E-state index in [1.807, 2.05) is 81.4 Å². The average Bonchev–Trinajstić information content (AvgIpc) is 2.87. The topological polar surface area (TPSA) is 84.5 Å². The van der Waals surface area contributed by atoms with Crippen LogP contribution < -0.4 is 5.32 Å². The molecule has 1 atom stereocenters. The second kappa shape index (κ2) is 18.7. The summed E-state index contributed by atoms with van der Waals surface area (Å²) < 4.78 is 34.1. The lowest BCUT2D eigenvalue weighted by atomic mass is 10.2. The first kappa shape index (κ1) is 30.7. The van der Waals surface area contributed by atoms with Crippen molar-refractivity contribution >= 4 is 6.09 Å². The minimum absolute atomic E-state index is 0.228. The molecule has 1 unspecified atom stereocenters. The molecule has 0 heterocycles. The standard InChI is InChI=1S/C29H43NO7/c1-29(2,3)37-28(31)30-15-10-16-32-23-27(36-20-19-34-22-26-13-8-5-9-14-26)24-35-18-17-33-21-25-11-6-4-7-12-25/h4-9,11-14,27H,10,15-24H2,1-3H3,(H,30,31). The van der Waals surface area contributed by atoms with Gasteiger partial charge in [-0.05, 0) is 38.3 Å². The number of nitrogens with one attached hydrogen (secondary N) is 1. The Morgan fingerprint density at radius 3 is 1.81 bits per heavy atom. The van der Waals surface area contributed by atoms with Crippen molar-refractivity contribution in [1.29, 1.82) is 0 Å². The molecule has 8 heteroatoms. The van der Waals surface area contributed by atoms with Crippen molar-refractivity contribution in [3.05, 3.63) is 71.8 Å². The van der Waals surface area contributed by atoms with Crippen LogP contribution in [0.25, 0.3) is 0 Å². The highest BCUT2D eigenvalue weighted by atomic mass is 16.6. The monoisotopic (exact) mass is 517 g/mol. The minimum atomic E-state index is -0.511. The summed E-state index contributed by atoms with van der Waals surface area (Å²) in [7, 11) is 0. The van der Waals surface area contributed by atoms with Crippen molar-refractivity contribution in [1.82, 2.24) is 5.32 Å². The van der Waals surface area contributed by atoms with Gasteiger partial charge in [0.15, 0.2) is 0 Å². The molecule has 0 radical (unpaired) electrons. The van der Waals surface area contributed by atoms with E-state index < -0.39 is 11.7 Å². The first-order valence-electron chi connectivity index (χ1n) is 12.9. The van der Waals surface area contributed by atoms with Crippen LogP contribution in [0.15, 0.2) is 60.7 Å². The number of carbonyl (C=O) groups excluding carboxylic acids is 1. The molecule has 0 aliphatic heterocycles. The van der Waals surface area contributed by atoms with Gasteiger partial charge < -0.3 is 33.7 Å². The molecule has 0 fully saturated rings. The molecule has 0 spiro atoms. The Balaban J connectivity index is 1.60. The van der Waals surface area contributed by atoms with E-state index in [9.17, 15) is 4.79 Å². The molecule has 0 saturated heterocycles. The molecule has 0 aliphatic rings. The summed E-state index contributed by atoms with van der Waals surface area (Å²) in [4.78, 5) is 11.7. The van der Waals surface area contributed by atoms with E-state index in [0.29, 0.717) is 72.4 Å². The summed E-state index contributed by atoms with van der Waals surface area (Å²) in [5.41, 5.74) is 1.75. The normalized spacial score (nSPS) is 12.3. The molecule has 0 saturated carbocycles. The third kappa shape index (κ3) is 16.8. The Labute approximate surface area is 221 Å². The molecule has 206 valence electrons. The zero-order valence-corrected chi connectivity index (χ0v) is 22.5. The SMILES string of the molecule is CC(C)(C)OC(=O)NCCCOCC(COCCOCc1ccccc1)OCCOCc1ccccc1. The molecule has 2 aromatic carbocycles. The zero-order valence-electron chi connectivity index (χ0n) is 22.5. The summed E-state index contributed by atoms with van der Waals surface area (Å²) in [6.45, 7) is 10.2. The fraction of sp³-hybridized carbons (Fsp3) is 0.552. The molecule has 2 aromatic rings. The maximum Gasteiger partial charge on any atom is 0.407 e. The predicted octanol–water partition coefficient (Wildman–Crippen LogP) is 4.75. The van der Waals surface area contributed by atoms with E-state index >= 15 is 0 Å². The first-order chi connectivity index (χ1) is 17.9. The van der Waals surface area contributed by atoms with Crippen LogP contribution in [0.1, 0.15) is 38.3 Å². The van der Waals surface area contributed by atoms with Gasteiger partial charge in [-0.25, -0.2) is 4.79 Å². The van der Waals surface area contributed by atoms with Gasteiger partial charge >= 0.3 is 6.09 Å². The second-order valence-electron chi connectivity index (χ2n) is 9.50. The fourth-order valence-electron chi connectivity index (χ4n) is 3.17. The van der Waals surface area contributed by atoms with E-state index in [2.05, 4.69) is 5.32 Å². The van der Waals surface area contributed by atoms with Gasteiger partial charge in [0.2, 0.25) is 0 Å². The highest BCUT2D eigenvalue weighted by Gasteiger charge is 2.15. The highest BCUT2D eigenvalue weighted by molar-refractivity contribution is 5.67. The third-order valence-electron chi connectivity index (χ3n) is 4.92. The van der Waals surface area contributed by atoms with Crippen LogP contribution in [0.2, 0.25) is 0 Å². The van der Waals surface area contributed by atoms with Crippen molar-refractivity contribution in [3.8, 4) is 0 Å². The lowest BCUT2D eigenvalue weighted by Gasteiger charge is -2.20. The van der Waals surface area contributed by atoms with Crippen LogP contribution in [0.3, 0.4) is 0 Å². The van der Waals surface area contributed by atoms with E-state index in [0.717, 1.165) is 11.1 Å². The van der Waals surface area contributed by atoms with Crippen molar-refractivity contribution in [2.75, 3.05) is 52.8 Å². The van der Waals surface area contributed by atoms with E-state index in [4.69, 9.17) is 28.4 Å². The second-order valence-corrected chi connectivity index (χ2v) is 9.50. The first-order valence-corrected chi connectivity index (χ1v) is 12.9. The highest BCUT2D eigenvalue weighted by Crippen LogP contribution is 2.06. The van der Waals surface area contributed by atoms with Gasteiger partial charge in [-0.3, -0.25) is 0 Å². The van der Waals surface area contributed by atoms with E-state index in [-0.39, 0.29) is 6.10 Å². The summed E-state index contributed by atoms with van der Waals surface area (Å²) in [5, 5.41) is 2.73. The Morgan fingerprint density at radius 2 is 1.24 bits per heavy atom. The van der Waals surface area contributed by atoms with Gasteiger partial charge in [0.25, 0.3) is 0 Å². The van der Waals surface area contributed by atoms with Crippen molar-refractivity contribution in [2.24, 2.45) is 0 Å². The number of alkyl carbamates (subject to hydrolysis) is 1. The molecule has 0 aliphatic carbocycles. The fourth-order valence-corrected chi connectivity index (χ4v) is 3.17. The Morgan fingerprint density at radius 1 is 0.730 bits per heavy atom. The molecule has 8 nitrogen and oxygen atoms in total. The summed E-state index contributed by atoms with van der Waals surface area (Å²) in [6, 6.07) is 20.1. The van der Waals surface area contributed by atoms with Crippen LogP contribution in [-0.2, 0) is 41.6 Å². The smallest absolute Gasteiger partial charge is 0.407 e. The third-order valence-corrected chi connectivity index (χ3v) is 4.92. The predicted molar refractivity (Wildman–Crippen MR) is 142 cm³/mol. The van der Waals surface area contributed by atoms with Gasteiger partial charge in [0.1, 0.15) is 11.7 Å². The number of benzene rings is 2. The van der Waals surface area contributed by atoms with Crippen molar-refractivity contribution < 1.29 is 33.2 Å². The number of carbonyl (C=O) groups is 1. The van der Waals surface area contributed by atoms with Crippen molar-refractivity contribution in [2.45, 2.75) is 52.1 Å². The Hall–Kier alpha value is -2.49. The minimum Gasteiger partial charge on any atom is -0.444 e. The van der Waals surface area contributed by atoms with Gasteiger partial charge in [-0.1, -0.05) is 60.7 Å². The van der Waals surface area contributed by atoms with Crippen molar-refractivity contribution in [3.63, 3.8) is 0 Å². The molecule has 37 heavy (non-hydrogen) atoms. The number of amides is 1. The van der Waals surface area contributed by atoms with Gasteiger partial charge in [-0.15, -0.1) is 0 Å². The van der Waals surface area contributed by atoms with E-state index in [1.165, 1.54) is 0 Å². The largest absolute Gasteiger partial charge is 0.444 e. The number of hydrogen-bond acceptors (Lipinski definition) is 7. The van der Waals surface area contributed by atoms with Gasteiger partial charge in [0, 0.05) is 13.2 Å². The molecular formula is C29H43NO7. The quantitative estimate of drug-likeness (QED) is 0.269. The Bertz CT molecular complexity index is 827. The summed E-state index contributed by atoms with van der Waals surface area (Å²) in [6.07, 6.45) is 0.0146. The van der Waals surface area contributed by atoms with Crippen LogP contribution in [0.4, 0.5) is 4.79 Å². The van der Waals surface area contributed by atoms with Gasteiger partial charge in [-0.2, -0.15) is 0 Å². The van der Waals surface area contributed by atoms with Crippen LogP contribution in [0, 0.1) is 0 Å². The molecule has 1 amide bonds. The van der Waals surface area contributed by atoms with E-state index in [1.54, 1.807) is 0 Å². The van der Waals surface area contributed by atoms with Gasteiger partial charge in [0.05, 0.1) is 52.9 Å². The average molecular weight is 518 g/mol. The van der Waals surface area contributed by atoms with Crippen LogP contribution >= 0.6 is 0 Å². The Kier molecular flexibility index (Phi) is 15.5. The lowest BCUT2D eigenvalue weighted by molar-refractivity contribution is -0.0802. The summed E-state index contributed by atoms with van der Waals surface area (Å²) in [5.74, 6) is 0. The number of rotatable bonds is 19. The van der Waals surface area contributed by atoms with Crippen LogP contribution in [0.5, 0.6) is 0 Å². The number of ether oxygens (including phenoxy) is 6. The molecule has 0 aromatic heterocycles. The molecular weight excluding hydrogens is 474 g/mol.